The normalized spacial score (nSPS) is 10.9. The monoisotopic (exact) mass is 956 g/mol. The topological polar surface area (TPSA) is 76.0 Å². The molecule has 10 rings (SSSR count). The van der Waals surface area contributed by atoms with Gasteiger partial charge in [0.1, 0.15) is 5.69 Å². The molecule has 0 spiro atoms. The van der Waals surface area contributed by atoms with E-state index in [0.717, 1.165) is 44.7 Å². The van der Waals surface area contributed by atoms with Crippen LogP contribution >= 0.6 is 0 Å². The molecule has 0 saturated heterocycles. The van der Waals surface area contributed by atoms with Crippen molar-refractivity contribution in [3.05, 3.63) is 212 Å². The van der Waals surface area contributed by atoms with Crippen molar-refractivity contribution in [3.63, 3.8) is 0 Å². The van der Waals surface area contributed by atoms with Gasteiger partial charge in [0.25, 0.3) is 0 Å². The van der Waals surface area contributed by atoms with Gasteiger partial charge in [-0.3, -0.25) is 9.97 Å². The van der Waals surface area contributed by atoms with Crippen LogP contribution in [-0.2, 0) is 25.5 Å². The number of aromatic carboxylic acids is 1. The molecule has 10 aromatic rings. The zero-order chi connectivity index (χ0) is 40.8. The summed E-state index contributed by atoms with van der Waals surface area (Å²) in [6.45, 7) is 6.52. The third-order valence-corrected chi connectivity index (χ3v) is 10.2. The second-order valence-corrected chi connectivity index (χ2v) is 15.2. The first-order chi connectivity index (χ1) is 28.7. The Hall–Kier alpha value is -6.85. The summed E-state index contributed by atoms with van der Waals surface area (Å²) in [5.41, 5.74) is 9.55. The number of nitrogens with zero attached hydrogens (tertiary/aromatic N) is 3. The third kappa shape index (κ3) is 9.06. The second-order valence-electron chi connectivity index (χ2n) is 15.2. The first-order valence-corrected chi connectivity index (χ1v) is 19.5. The van der Waals surface area contributed by atoms with E-state index in [2.05, 4.69) is 147 Å². The Morgan fingerprint density at radius 2 is 0.900 bits per heavy atom. The molecule has 0 atom stereocenters. The minimum absolute atomic E-state index is 0. The van der Waals surface area contributed by atoms with E-state index in [1.807, 2.05) is 60.7 Å². The van der Waals surface area contributed by atoms with Gasteiger partial charge in [0, 0.05) is 42.6 Å². The van der Waals surface area contributed by atoms with Crippen molar-refractivity contribution in [1.82, 2.24) is 15.0 Å². The van der Waals surface area contributed by atoms with Crippen molar-refractivity contribution in [3.8, 4) is 33.6 Å². The molecule has 0 aliphatic heterocycles. The molecule has 7 aromatic carbocycles. The van der Waals surface area contributed by atoms with Crippen LogP contribution in [0.3, 0.4) is 0 Å². The maximum atomic E-state index is 10.7. The number of para-hydroxylation sites is 2. The molecule has 1 radical (unpaired) electrons. The summed E-state index contributed by atoms with van der Waals surface area (Å²) < 4.78 is 0. The number of hydrogen-bond acceptors (Lipinski definition) is 4. The van der Waals surface area contributed by atoms with Gasteiger partial charge in [0.2, 0.25) is 0 Å². The van der Waals surface area contributed by atoms with Gasteiger partial charge in [-0.05, 0) is 67.7 Å². The Balaban J connectivity index is 0.000000135. The Kier molecular flexibility index (Phi) is 12.7. The third-order valence-electron chi connectivity index (χ3n) is 10.2. The van der Waals surface area contributed by atoms with E-state index in [-0.39, 0.29) is 31.2 Å². The minimum atomic E-state index is -1.00. The first-order valence-electron chi connectivity index (χ1n) is 19.5. The number of carboxylic acid groups (broad SMARTS) is 1. The van der Waals surface area contributed by atoms with Gasteiger partial charge in [0.05, 0.1) is 11.0 Å². The Bertz CT molecular complexity index is 2880. The van der Waals surface area contributed by atoms with E-state index in [9.17, 15) is 4.79 Å². The average Bonchev–Trinajstić information content (AvgIpc) is 3.29. The number of carboxylic acids is 1. The maximum Gasteiger partial charge on any atom is 0.354 e. The van der Waals surface area contributed by atoms with Gasteiger partial charge in [-0.15, -0.1) is 71.8 Å². The van der Waals surface area contributed by atoms with Crippen LogP contribution < -0.4 is 0 Å². The predicted octanol–water partition coefficient (Wildman–Crippen LogP) is 13.5. The zero-order valence-electron chi connectivity index (χ0n) is 33.4. The Morgan fingerprint density at radius 1 is 0.483 bits per heavy atom. The number of aromatic nitrogens is 3. The van der Waals surface area contributed by atoms with Crippen LogP contribution in [0.1, 0.15) is 36.8 Å². The summed E-state index contributed by atoms with van der Waals surface area (Å²) in [6.07, 6.45) is 1.59. The van der Waals surface area contributed by atoms with Gasteiger partial charge in [-0.1, -0.05) is 136 Å². The van der Waals surface area contributed by atoms with Crippen LogP contribution in [-0.4, -0.2) is 26.0 Å². The average molecular weight is 956 g/mol. The maximum absolute atomic E-state index is 10.7. The second kappa shape index (κ2) is 18.4. The largest absolute Gasteiger partial charge is 0.477 e. The van der Waals surface area contributed by atoms with E-state index in [0.29, 0.717) is 0 Å². The quantitative estimate of drug-likeness (QED) is 0.140. The summed E-state index contributed by atoms with van der Waals surface area (Å²) >= 11 is 0. The number of rotatable bonds is 4. The molecule has 0 aliphatic rings. The molecular weight excluding hydrogens is 915 g/mol. The molecule has 5 nitrogen and oxygen atoms in total. The van der Waals surface area contributed by atoms with Crippen molar-refractivity contribution >= 4 is 49.3 Å². The fourth-order valence-electron chi connectivity index (χ4n) is 7.15. The molecule has 0 saturated carbocycles. The Labute approximate surface area is 363 Å². The first kappa shape index (κ1) is 41.3. The zero-order valence-corrected chi connectivity index (χ0v) is 35.8. The molecular formula is C54H41IrN3O2-2. The molecule has 0 unspecified atom stereocenters. The van der Waals surface area contributed by atoms with Gasteiger partial charge in [0.15, 0.2) is 0 Å². The van der Waals surface area contributed by atoms with Crippen LogP contribution in [0.5, 0.6) is 0 Å². The molecule has 1 N–H and O–H groups in total. The minimum Gasteiger partial charge on any atom is -0.477 e. The van der Waals surface area contributed by atoms with E-state index >= 15 is 0 Å². The van der Waals surface area contributed by atoms with Crippen LogP contribution in [0.2, 0.25) is 0 Å². The van der Waals surface area contributed by atoms with Crippen molar-refractivity contribution < 1.29 is 30.0 Å². The summed E-state index contributed by atoms with van der Waals surface area (Å²) in [4.78, 5) is 24.4. The number of hydrogen-bond donors (Lipinski definition) is 1. The fourth-order valence-corrected chi connectivity index (χ4v) is 7.15. The van der Waals surface area contributed by atoms with Gasteiger partial charge in [-0.25, -0.2) is 9.78 Å². The summed E-state index contributed by atoms with van der Waals surface area (Å²) in [5.74, 6) is -1.00. The molecule has 60 heavy (non-hydrogen) atoms. The molecule has 6 heteroatoms. The Morgan fingerprint density at radius 3 is 1.30 bits per heavy atom. The summed E-state index contributed by atoms with van der Waals surface area (Å²) in [6, 6.07) is 67.5. The van der Waals surface area contributed by atoms with Crippen LogP contribution in [0.4, 0.5) is 0 Å². The number of benzene rings is 7. The van der Waals surface area contributed by atoms with E-state index in [1.54, 1.807) is 12.3 Å². The molecule has 3 aromatic heterocycles. The molecule has 0 amide bonds. The summed E-state index contributed by atoms with van der Waals surface area (Å²) in [7, 11) is 0. The molecule has 3 heterocycles. The van der Waals surface area contributed by atoms with Crippen molar-refractivity contribution in [2.45, 2.75) is 26.2 Å². The molecule has 0 aliphatic carbocycles. The number of fused-ring (bicyclic) bond motifs is 6. The van der Waals surface area contributed by atoms with Crippen molar-refractivity contribution in [1.29, 1.82) is 0 Å². The fraction of sp³-hybridized carbons (Fsp3) is 0.0741. The van der Waals surface area contributed by atoms with Crippen molar-refractivity contribution in [2.24, 2.45) is 0 Å². The SMILES string of the molecule is CC(C)(C)c1ccc(-c2ccc(C(=O)O)nc2)cc1.[Ir].[c-]1ccccc1-c1nc2ccccc2c2ccccc12.[c-]1ccccc1-c1nc2ccccc2c2ccccc12. The van der Waals surface area contributed by atoms with Gasteiger partial charge < -0.3 is 5.11 Å². The number of carbonyl (C=O) groups is 1. The summed E-state index contributed by atoms with van der Waals surface area (Å²) in [5, 5.41) is 16.0. The molecule has 0 fully saturated rings. The number of pyridine rings is 3. The van der Waals surface area contributed by atoms with Crippen LogP contribution in [0, 0.1) is 12.1 Å². The van der Waals surface area contributed by atoms with Gasteiger partial charge in [-0.2, -0.15) is 0 Å². The van der Waals surface area contributed by atoms with Crippen molar-refractivity contribution in [2.75, 3.05) is 0 Å². The molecule has 0 bridgehead atoms. The predicted molar refractivity (Wildman–Crippen MR) is 242 cm³/mol. The van der Waals surface area contributed by atoms with Crippen LogP contribution in [0.25, 0.3) is 77.0 Å². The van der Waals surface area contributed by atoms with E-state index in [1.165, 1.54) is 43.9 Å². The van der Waals surface area contributed by atoms with E-state index < -0.39 is 5.97 Å². The smallest absolute Gasteiger partial charge is 0.354 e. The molecule has 295 valence electrons. The van der Waals surface area contributed by atoms with Gasteiger partial charge >= 0.3 is 5.97 Å². The standard InChI is InChI=1S/2C19H12N.C16H17NO2.Ir/c2*1-2-8-14(9-3-1)19-17-12-5-4-10-15(17)16-11-6-7-13-18(16)20-19;1-16(2,3)13-7-4-11(5-8-13)12-6-9-14(15(18)19)17-10-12;/h2*1-8,10-13H;4-10H,1-3H3,(H,18,19);/q2*-1;;. The van der Waals surface area contributed by atoms with E-state index in [4.69, 9.17) is 15.1 Å². The van der Waals surface area contributed by atoms with Crippen LogP contribution in [0.15, 0.2) is 188 Å².